The van der Waals surface area contributed by atoms with Gasteiger partial charge >= 0.3 is 0 Å². The highest BCUT2D eigenvalue weighted by Crippen LogP contribution is 2.15. The van der Waals surface area contributed by atoms with Gasteiger partial charge in [-0.2, -0.15) is 0 Å². The van der Waals surface area contributed by atoms with Crippen LogP contribution in [0.25, 0.3) is 0 Å². The molecule has 1 rings (SSSR count). The van der Waals surface area contributed by atoms with Crippen molar-refractivity contribution >= 4 is 5.91 Å². The monoisotopic (exact) mass is 249 g/mol. The molecule has 0 bridgehead atoms. The average molecular weight is 249 g/mol. The molecule has 1 amide bonds. The highest BCUT2D eigenvalue weighted by molar-refractivity contribution is 5.78. The fourth-order valence-corrected chi connectivity index (χ4v) is 1.54. The van der Waals surface area contributed by atoms with Crippen molar-refractivity contribution in [1.82, 2.24) is 4.90 Å². The van der Waals surface area contributed by atoms with Gasteiger partial charge < -0.3 is 14.7 Å². The molecule has 0 unspecified atom stereocenters. The zero-order chi connectivity index (χ0) is 13.4. The number of hydrogen-bond donors (Lipinski definition) is 1. The normalized spacial score (nSPS) is 9.89. The van der Waals surface area contributed by atoms with Crippen molar-refractivity contribution in [2.24, 2.45) is 0 Å². The number of carbonyl (C=O) groups is 1. The first-order valence-electron chi connectivity index (χ1n) is 5.87. The second kappa shape index (κ2) is 7.50. The quantitative estimate of drug-likeness (QED) is 0.743. The Balaban J connectivity index is 2.53. The molecule has 1 aromatic carbocycles. The van der Waals surface area contributed by atoms with Crippen molar-refractivity contribution in [3.63, 3.8) is 0 Å². The van der Waals surface area contributed by atoms with Crippen molar-refractivity contribution in [1.29, 1.82) is 0 Å². The van der Waals surface area contributed by atoms with Crippen LogP contribution in [0, 0.1) is 6.92 Å². The van der Waals surface area contributed by atoms with Gasteiger partial charge in [0.25, 0.3) is 5.91 Å². The Labute approximate surface area is 107 Å². The molecule has 0 radical (unpaired) electrons. The van der Waals surface area contributed by atoms with Crippen molar-refractivity contribution in [2.75, 3.05) is 26.3 Å². The van der Waals surface area contributed by atoms with Gasteiger partial charge in [0.05, 0.1) is 6.61 Å². The first kappa shape index (κ1) is 14.3. The molecule has 0 fully saturated rings. The molecule has 98 valence electrons. The van der Waals surface area contributed by atoms with Crippen LogP contribution in [-0.2, 0) is 4.79 Å². The maximum absolute atomic E-state index is 11.8. The largest absolute Gasteiger partial charge is 0.484 e. The zero-order valence-corrected chi connectivity index (χ0v) is 10.6. The summed E-state index contributed by atoms with van der Waals surface area (Å²) in [6.07, 6.45) is 1.63. The number of aliphatic hydroxyl groups excluding tert-OH is 1. The van der Waals surface area contributed by atoms with Gasteiger partial charge in [0.15, 0.2) is 6.61 Å². The van der Waals surface area contributed by atoms with E-state index in [-0.39, 0.29) is 19.1 Å². The van der Waals surface area contributed by atoms with Gasteiger partial charge in [-0.05, 0) is 18.6 Å². The van der Waals surface area contributed by atoms with Gasteiger partial charge in [-0.25, -0.2) is 0 Å². The van der Waals surface area contributed by atoms with Gasteiger partial charge in [0, 0.05) is 13.1 Å². The molecule has 0 heterocycles. The van der Waals surface area contributed by atoms with E-state index in [1.807, 2.05) is 31.2 Å². The van der Waals surface area contributed by atoms with Crippen LogP contribution in [0.5, 0.6) is 5.75 Å². The highest BCUT2D eigenvalue weighted by Gasteiger charge is 2.12. The second-order valence-corrected chi connectivity index (χ2v) is 3.91. The molecule has 0 spiro atoms. The molecule has 0 aliphatic heterocycles. The minimum Gasteiger partial charge on any atom is -0.484 e. The minimum atomic E-state index is -0.160. The lowest BCUT2D eigenvalue weighted by Crippen LogP contribution is -2.37. The molecule has 0 saturated carbocycles. The summed E-state index contributed by atoms with van der Waals surface area (Å²) in [5.41, 5.74) is 0.989. The van der Waals surface area contributed by atoms with Gasteiger partial charge in [-0.15, -0.1) is 6.58 Å². The van der Waals surface area contributed by atoms with E-state index in [0.29, 0.717) is 18.8 Å². The number of nitrogens with zero attached hydrogens (tertiary/aromatic N) is 1. The van der Waals surface area contributed by atoms with Crippen LogP contribution < -0.4 is 4.74 Å². The predicted molar refractivity (Wildman–Crippen MR) is 70.5 cm³/mol. The SMILES string of the molecule is C=CCN(CCO)C(=O)COc1ccccc1C. The van der Waals surface area contributed by atoms with Crippen LogP contribution in [0.1, 0.15) is 5.56 Å². The fraction of sp³-hybridized carbons (Fsp3) is 0.357. The first-order chi connectivity index (χ1) is 8.69. The number of aliphatic hydroxyl groups is 1. The van der Waals surface area contributed by atoms with Crippen molar-refractivity contribution < 1.29 is 14.6 Å². The highest BCUT2D eigenvalue weighted by atomic mass is 16.5. The smallest absolute Gasteiger partial charge is 0.260 e. The number of rotatable bonds is 7. The van der Waals surface area contributed by atoms with Crippen LogP contribution in [0.2, 0.25) is 0 Å². The Morgan fingerprint density at radius 3 is 2.83 bits per heavy atom. The average Bonchev–Trinajstić information content (AvgIpc) is 2.37. The van der Waals surface area contributed by atoms with Crippen molar-refractivity contribution in [3.05, 3.63) is 42.5 Å². The Bertz CT molecular complexity index is 404. The lowest BCUT2D eigenvalue weighted by atomic mass is 10.2. The maximum atomic E-state index is 11.8. The van der Waals surface area contributed by atoms with E-state index in [4.69, 9.17) is 9.84 Å². The van der Waals surface area contributed by atoms with E-state index < -0.39 is 0 Å². The van der Waals surface area contributed by atoms with Crippen LogP contribution >= 0.6 is 0 Å². The lowest BCUT2D eigenvalue weighted by Gasteiger charge is -2.20. The summed E-state index contributed by atoms with van der Waals surface area (Å²) in [6, 6.07) is 7.53. The van der Waals surface area contributed by atoms with Crippen LogP contribution in [0.4, 0.5) is 0 Å². The zero-order valence-electron chi connectivity index (χ0n) is 10.6. The van der Waals surface area contributed by atoms with Gasteiger partial charge in [-0.1, -0.05) is 24.3 Å². The Morgan fingerprint density at radius 1 is 1.50 bits per heavy atom. The van der Waals surface area contributed by atoms with Crippen molar-refractivity contribution in [2.45, 2.75) is 6.92 Å². The number of ether oxygens (including phenoxy) is 1. The molecule has 18 heavy (non-hydrogen) atoms. The third-order valence-corrected chi connectivity index (χ3v) is 2.52. The van der Waals surface area contributed by atoms with E-state index in [2.05, 4.69) is 6.58 Å². The Kier molecular flexibility index (Phi) is 5.94. The van der Waals surface area contributed by atoms with Crippen LogP contribution in [-0.4, -0.2) is 42.2 Å². The summed E-state index contributed by atoms with van der Waals surface area (Å²) < 4.78 is 5.47. The van der Waals surface area contributed by atoms with Gasteiger partial charge in [-0.3, -0.25) is 4.79 Å². The van der Waals surface area contributed by atoms with E-state index in [1.165, 1.54) is 4.90 Å². The number of aryl methyl sites for hydroxylation is 1. The Hall–Kier alpha value is -1.81. The van der Waals surface area contributed by atoms with Gasteiger partial charge in [0.1, 0.15) is 5.75 Å². The molecule has 0 saturated heterocycles. The molecule has 4 heteroatoms. The molecule has 0 aliphatic rings. The summed E-state index contributed by atoms with van der Waals surface area (Å²) in [5.74, 6) is 0.542. The summed E-state index contributed by atoms with van der Waals surface area (Å²) in [6.45, 7) is 6.12. The molecule has 1 aromatic rings. The third kappa shape index (κ3) is 4.22. The standard InChI is InChI=1S/C14H19NO3/c1-3-8-15(9-10-16)14(17)11-18-13-7-5-4-6-12(13)2/h3-7,16H,1,8-11H2,2H3. The Morgan fingerprint density at radius 2 is 2.22 bits per heavy atom. The number of hydrogen-bond acceptors (Lipinski definition) is 3. The van der Waals surface area contributed by atoms with Crippen molar-refractivity contribution in [3.8, 4) is 5.75 Å². The number of para-hydroxylation sites is 1. The number of carbonyl (C=O) groups excluding carboxylic acids is 1. The summed E-state index contributed by atoms with van der Waals surface area (Å²) in [5, 5.41) is 8.87. The maximum Gasteiger partial charge on any atom is 0.260 e. The number of benzene rings is 1. The van der Waals surface area contributed by atoms with Crippen LogP contribution in [0.3, 0.4) is 0 Å². The summed E-state index contributed by atoms with van der Waals surface area (Å²) in [4.78, 5) is 13.4. The molecular formula is C14H19NO3. The van der Waals surface area contributed by atoms with Gasteiger partial charge in [0.2, 0.25) is 0 Å². The molecule has 0 aliphatic carbocycles. The summed E-state index contributed by atoms with van der Waals surface area (Å²) >= 11 is 0. The lowest BCUT2D eigenvalue weighted by molar-refractivity contribution is -0.133. The topological polar surface area (TPSA) is 49.8 Å². The molecule has 0 aromatic heterocycles. The minimum absolute atomic E-state index is 0.0291. The molecule has 4 nitrogen and oxygen atoms in total. The van der Waals surface area contributed by atoms with E-state index in [1.54, 1.807) is 6.08 Å². The molecule has 0 atom stereocenters. The second-order valence-electron chi connectivity index (χ2n) is 3.91. The van der Waals surface area contributed by atoms with E-state index in [0.717, 1.165) is 5.56 Å². The van der Waals surface area contributed by atoms with E-state index in [9.17, 15) is 4.79 Å². The van der Waals surface area contributed by atoms with E-state index >= 15 is 0 Å². The third-order valence-electron chi connectivity index (χ3n) is 2.52. The first-order valence-corrected chi connectivity index (χ1v) is 5.87. The fourth-order valence-electron chi connectivity index (χ4n) is 1.54. The predicted octanol–water partition coefficient (Wildman–Crippen LogP) is 1.38. The van der Waals surface area contributed by atoms with Crippen LogP contribution in [0.15, 0.2) is 36.9 Å². The number of amides is 1. The summed E-state index contributed by atoms with van der Waals surface area (Å²) in [7, 11) is 0. The molecule has 1 N–H and O–H groups in total. The molecular weight excluding hydrogens is 230 g/mol.